The number of aromatic nitrogens is 2. The Morgan fingerprint density at radius 3 is 2.73 bits per heavy atom. The van der Waals surface area contributed by atoms with E-state index in [1.165, 1.54) is 6.42 Å². The number of fused-ring (bicyclic) bond motifs is 1. The molecule has 5 nitrogen and oxygen atoms in total. The number of aryl methyl sites for hydroxylation is 1. The van der Waals surface area contributed by atoms with Gasteiger partial charge in [0.2, 0.25) is 5.91 Å². The fourth-order valence-electron chi connectivity index (χ4n) is 3.57. The Morgan fingerprint density at radius 1 is 1.36 bits per heavy atom. The Balaban J connectivity index is 1.75. The maximum atomic E-state index is 12.6. The Kier molecular flexibility index (Phi) is 4.30. The van der Waals surface area contributed by atoms with Crippen LogP contribution in [-0.4, -0.2) is 39.2 Å². The van der Waals surface area contributed by atoms with Crippen molar-refractivity contribution in [3.8, 4) is 0 Å². The number of carbonyl (C=O) groups is 1. The van der Waals surface area contributed by atoms with Crippen molar-refractivity contribution in [3.63, 3.8) is 0 Å². The summed E-state index contributed by atoms with van der Waals surface area (Å²) in [5.74, 6) is 2.05. The molecule has 0 N–H and O–H groups in total. The molecule has 120 valence electrons. The second-order valence-corrected chi connectivity index (χ2v) is 7.80. The normalized spacial score (nSPS) is 27.8. The van der Waals surface area contributed by atoms with Crippen molar-refractivity contribution in [2.45, 2.75) is 44.8 Å². The smallest absolute Gasteiger partial charge is 0.257 e. The Bertz CT molecular complexity index is 633. The van der Waals surface area contributed by atoms with Crippen LogP contribution in [0.15, 0.2) is 16.1 Å². The quantitative estimate of drug-likeness (QED) is 0.783. The van der Waals surface area contributed by atoms with E-state index in [9.17, 15) is 9.59 Å². The summed E-state index contributed by atoms with van der Waals surface area (Å²) in [4.78, 5) is 31.2. The third-order valence-electron chi connectivity index (χ3n) is 4.53. The molecule has 0 bridgehead atoms. The van der Waals surface area contributed by atoms with Crippen LogP contribution in [0.3, 0.4) is 0 Å². The van der Waals surface area contributed by atoms with Gasteiger partial charge in [0.1, 0.15) is 0 Å². The summed E-state index contributed by atoms with van der Waals surface area (Å²) in [6.45, 7) is 7.87. The highest BCUT2D eigenvalue weighted by atomic mass is 32.2. The lowest BCUT2D eigenvalue weighted by atomic mass is 9.91. The number of hydrogen-bond acceptors (Lipinski definition) is 4. The van der Waals surface area contributed by atoms with Crippen molar-refractivity contribution in [3.05, 3.63) is 22.1 Å². The second-order valence-electron chi connectivity index (χ2n) is 6.81. The van der Waals surface area contributed by atoms with Crippen molar-refractivity contribution in [2.24, 2.45) is 11.8 Å². The predicted octanol–water partition coefficient (Wildman–Crippen LogP) is 2.09. The van der Waals surface area contributed by atoms with Crippen LogP contribution in [0.5, 0.6) is 0 Å². The highest BCUT2D eigenvalue weighted by Crippen LogP contribution is 2.33. The number of rotatable bonds is 2. The Hall–Kier alpha value is -1.30. The minimum Gasteiger partial charge on any atom is -0.342 e. The van der Waals surface area contributed by atoms with Crippen molar-refractivity contribution < 1.29 is 4.79 Å². The van der Waals surface area contributed by atoms with Gasteiger partial charge in [0.15, 0.2) is 5.16 Å². The van der Waals surface area contributed by atoms with Crippen LogP contribution < -0.4 is 5.56 Å². The lowest BCUT2D eigenvalue weighted by Crippen LogP contribution is -2.43. The third kappa shape index (κ3) is 2.93. The van der Waals surface area contributed by atoms with Crippen molar-refractivity contribution in [1.29, 1.82) is 0 Å². The van der Waals surface area contributed by atoms with Gasteiger partial charge in [-0.25, -0.2) is 4.98 Å². The van der Waals surface area contributed by atoms with Crippen LogP contribution in [0.4, 0.5) is 0 Å². The lowest BCUT2D eigenvalue weighted by Gasteiger charge is -2.35. The molecule has 2 aliphatic heterocycles. The monoisotopic (exact) mass is 321 g/mol. The molecule has 1 saturated heterocycles. The fraction of sp³-hybridized carbons (Fsp3) is 0.688. The van der Waals surface area contributed by atoms with E-state index in [1.807, 2.05) is 4.90 Å². The number of thioether (sulfide) groups is 1. The molecule has 1 aromatic rings. The molecule has 1 amide bonds. The number of piperidine rings is 1. The van der Waals surface area contributed by atoms with Crippen molar-refractivity contribution in [2.75, 3.05) is 18.8 Å². The summed E-state index contributed by atoms with van der Waals surface area (Å²) in [6.07, 6.45) is 3.22. The first kappa shape index (κ1) is 15.6. The highest BCUT2D eigenvalue weighted by Gasteiger charge is 2.31. The minimum absolute atomic E-state index is 0.00631. The van der Waals surface area contributed by atoms with E-state index in [2.05, 4.69) is 18.8 Å². The first-order chi connectivity index (χ1) is 10.5. The maximum Gasteiger partial charge on any atom is 0.257 e. The zero-order valence-corrected chi connectivity index (χ0v) is 14.2. The Labute approximate surface area is 135 Å². The predicted molar refractivity (Wildman–Crippen MR) is 87.1 cm³/mol. The molecule has 0 spiro atoms. The van der Waals surface area contributed by atoms with E-state index >= 15 is 0 Å². The van der Waals surface area contributed by atoms with Gasteiger partial charge in [0, 0.05) is 37.0 Å². The summed E-state index contributed by atoms with van der Waals surface area (Å²) in [5.41, 5.74) is 0.636. The molecule has 6 heteroatoms. The van der Waals surface area contributed by atoms with E-state index in [4.69, 9.17) is 0 Å². The topological polar surface area (TPSA) is 55.2 Å². The van der Waals surface area contributed by atoms with Crippen molar-refractivity contribution in [1.82, 2.24) is 14.5 Å². The van der Waals surface area contributed by atoms with Gasteiger partial charge < -0.3 is 4.90 Å². The summed E-state index contributed by atoms with van der Waals surface area (Å²) < 4.78 is 1.72. The molecule has 3 unspecified atom stereocenters. The summed E-state index contributed by atoms with van der Waals surface area (Å²) in [7, 11) is 0. The van der Waals surface area contributed by atoms with Crippen LogP contribution in [-0.2, 0) is 4.79 Å². The Morgan fingerprint density at radius 2 is 2.05 bits per heavy atom. The molecular weight excluding hydrogens is 298 g/mol. The van der Waals surface area contributed by atoms with Gasteiger partial charge in [-0.1, -0.05) is 25.6 Å². The number of likely N-dealkylation sites (tertiary alicyclic amines) is 1. The van der Waals surface area contributed by atoms with E-state index < -0.39 is 0 Å². The average molecular weight is 321 g/mol. The first-order valence-corrected chi connectivity index (χ1v) is 8.93. The standard InChI is InChI=1S/C16H23N3O2S/c1-10-4-11(2)8-18(7-10)14(20)5-13-9-22-16-17-6-12(3)15(21)19(13)16/h6,10-11,13H,4-5,7-9H2,1-3H3. The summed E-state index contributed by atoms with van der Waals surface area (Å²) >= 11 is 1.57. The van der Waals surface area contributed by atoms with E-state index in [0.717, 1.165) is 24.0 Å². The number of carbonyl (C=O) groups excluding carboxylic acids is 1. The van der Waals surface area contributed by atoms with E-state index in [1.54, 1.807) is 29.4 Å². The van der Waals surface area contributed by atoms with Crippen LogP contribution in [0.1, 0.15) is 38.3 Å². The van der Waals surface area contributed by atoms with Gasteiger partial charge in [-0.15, -0.1) is 0 Å². The molecule has 3 atom stereocenters. The van der Waals surface area contributed by atoms with Gasteiger partial charge in [-0.2, -0.15) is 0 Å². The van der Waals surface area contributed by atoms with Gasteiger partial charge >= 0.3 is 0 Å². The van der Waals surface area contributed by atoms with E-state index in [0.29, 0.717) is 23.8 Å². The minimum atomic E-state index is -0.0556. The van der Waals surface area contributed by atoms with Crippen LogP contribution in [0, 0.1) is 18.8 Å². The van der Waals surface area contributed by atoms with Gasteiger partial charge in [-0.05, 0) is 25.2 Å². The zero-order valence-electron chi connectivity index (χ0n) is 13.4. The third-order valence-corrected chi connectivity index (χ3v) is 5.64. The molecule has 22 heavy (non-hydrogen) atoms. The van der Waals surface area contributed by atoms with Gasteiger partial charge in [-0.3, -0.25) is 14.2 Å². The fourth-order valence-corrected chi connectivity index (χ4v) is 4.67. The van der Waals surface area contributed by atoms with Gasteiger partial charge in [0.05, 0.1) is 6.04 Å². The van der Waals surface area contributed by atoms with Gasteiger partial charge in [0.25, 0.3) is 5.56 Å². The van der Waals surface area contributed by atoms with Crippen molar-refractivity contribution >= 4 is 17.7 Å². The molecule has 0 saturated carbocycles. The molecule has 0 aromatic carbocycles. The molecule has 3 heterocycles. The first-order valence-electron chi connectivity index (χ1n) is 7.94. The molecule has 1 aromatic heterocycles. The molecule has 3 rings (SSSR count). The van der Waals surface area contributed by atoms with Crippen LogP contribution >= 0.6 is 11.8 Å². The number of amides is 1. The maximum absolute atomic E-state index is 12.6. The second kappa shape index (κ2) is 6.07. The lowest BCUT2D eigenvalue weighted by molar-refractivity contribution is -0.134. The van der Waals surface area contributed by atoms with Crippen LogP contribution in [0.25, 0.3) is 0 Å². The molecular formula is C16H23N3O2S. The van der Waals surface area contributed by atoms with E-state index in [-0.39, 0.29) is 17.5 Å². The summed E-state index contributed by atoms with van der Waals surface area (Å²) in [6, 6.07) is -0.0556. The SMILES string of the molecule is Cc1cnc2n(c1=O)C(CC(=O)N1CC(C)CC(C)C1)CS2. The molecule has 2 aliphatic rings. The molecule has 0 radical (unpaired) electrons. The largest absolute Gasteiger partial charge is 0.342 e. The highest BCUT2D eigenvalue weighted by molar-refractivity contribution is 7.99. The number of nitrogens with zero attached hydrogens (tertiary/aromatic N) is 3. The van der Waals surface area contributed by atoms with Crippen LogP contribution in [0.2, 0.25) is 0 Å². The number of hydrogen-bond donors (Lipinski definition) is 0. The molecule has 0 aliphatic carbocycles. The molecule has 1 fully saturated rings. The average Bonchev–Trinajstić information content (AvgIpc) is 2.85. The summed E-state index contributed by atoms with van der Waals surface area (Å²) in [5, 5.41) is 0.744. The zero-order chi connectivity index (χ0) is 15.9.